The summed E-state index contributed by atoms with van der Waals surface area (Å²) >= 11 is 5.98. The number of anilines is 2. The molecular formula is C11H9ClN2O2. The van der Waals surface area contributed by atoms with Gasteiger partial charge >= 0.3 is 0 Å². The Bertz CT molecular complexity index is 495. The number of rotatable bonds is 1. The van der Waals surface area contributed by atoms with Gasteiger partial charge in [0.05, 0.1) is 22.5 Å². The fourth-order valence-corrected chi connectivity index (χ4v) is 2.40. The van der Waals surface area contributed by atoms with Crippen LogP contribution in [0.5, 0.6) is 0 Å². The molecule has 0 spiro atoms. The molecule has 2 fully saturated rings. The zero-order chi connectivity index (χ0) is 11.4. The van der Waals surface area contributed by atoms with E-state index >= 15 is 0 Å². The van der Waals surface area contributed by atoms with E-state index in [4.69, 9.17) is 17.3 Å². The number of nitrogens with zero attached hydrogens (tertiary/aromatic N) is 1. The molecule has 16 heavy (non-hydrogen) atoms. The smallest absolute Gasteiger partial charge is 0.237 e. The SMILES string of the molecule is Nc1ccc(N2C(=O)C3CC3C2=O)c(Cl)c1. The largest absolute Gasteiger partial charge is 0.399 e. The average Bonchev–Trinajstić information content (AvgIpc) is 2.96. The minimum absolute atomic E-state index is 0.110. The molecule has 1 aliphatic heterocycles. The summed E-state index contributed by atoms with van der Waals surface area (Å²) in [7, 11) is 0. The minimum atomic E-state index is -0.137. The molecule has 1 saturated heterocycles. The van der Waals surface area contributed by atoms with Crippen LogP contribution in [0.15, 0.2) is 18.2 Å². The lowest BCUT2D eigenvalue weighted by atomic mass is 10.2. The number of carbonyl (C=O) groups is 2. The van der Waals surface area contributed by atoms with Crippen molar-refractivity contribution in [2.45, 2.75) is 6.42 Å². The monoisotopic (exact) mass is 236 g/mol. The van der Waals surface area contributed by atoms with Crippen LogP contribution in [0.3, 0.4) is 0 Å². The third kappa shape index (κ3) is 1.16. The number of fused-ring (bicyclic) bond motifs is 1. The number of amides is 2. The molecule has 0 bridgehead atoms. The van der Waals surface area contributed by atoms with Gasteiger partial charge in [0.1, 0.15) is 0 Å². The summed E-state index contributed by atoms with van der Waals surface area (Å²) in [5.74, 6) is -0.495. The Morgan fingerprint density at radius 1 is 1.25 bits per heavy atom. The van der Waals surface area contributed by atoms with Gasteiger partial charge in [0.25, 0.3) is 0 Å². The Balaban J connectivity index is 2.04. The second-order valence-corrected chi connectivity index (χ2v) is 4.58. The number of benzene rings is 1. The molecular weight excluding hydrogens is 228 g/mol. The van der Waals surface area contributed by atoms with Crippen molar-refractivity contribution in [2.24, 2.45) is 11.8 Å². The van der Waals surface area contributed by atoms with Crippen LogP contribution in [0, 0.1) is 11.8 Å². The number of carbonyl (C=O) groups excluding carboxylic acids is 2. The van der Waals surface area contributed by atoms with E-state index in [1.807, 2.05) is 0 Å². The highest BCUT2D eigenvalue weighted by molar-refractivity contribution is 6.36. The van der Waals surface area contributed by atoms with Crippen molar-refractivity contribution in [1.82, 2.24) is 0 Å². The molecule has 1 heterocycles. The van der Waals surface area contributed by atoms with Gasteiger partial charge in [0.15, 0.2) is 0 Å². The standard InChI is InChI=1S/C11H9ClN2O2/c12-8-3-5(13)1-2-9(8)14-10(15)6-4-7(6)11(14)16/h1-3,6-7H,4,13H2. The van der Waals surface area contributed by atoms with E-state index in [0.29, 0.717) is 22.8 Å². The van der Waals surface area contributed by atoms with E-state index in [1.165, 1.54) is 4.90 Å². The molecule has 2 aliphatic rings. The summed E-state index contributed by atoms with van der Waals surface area (Å²) in [6.07, 6.45) is 0.695. The van der Waals surface area contributed by atoms with Crippen molar-refractivity contribution >= 4 is 34.8 Å². The summed E-state index contributed by atoms with van der Waals surface area (Å²) in [4.78, 5) is 24.8. The second kappa shape index (κ2) is 2.98. The quantitative estimate of drug-likeness (QED) is 0.593. The van der Waals surface area contributed by atoms with Crippen LogP contribution in [0.1, 0.15) is 6.42 Å². The highest BCUT2D eigenvalue weighted by Crippen LogP contribution is 2.49. The molecule has 1 aromatic rings. The Morgan fingerprint density at radius 2 is 1.88 bits per heavy atom. The lowest BCUT2D eigenvalue weighted by molar-refractivity contribution is -0.123. The Kier molecular flexibility index (Phi) is 1.80. The number of nitrogens with two attached hydrogens (primary N) is 1. The van der Waals surface area contributed by atoms with Crippen LogP contribution in [-0.2, 0) is 9.59 Å². The van der Waals surface area contributed by atoms with Crippen LogP contribution in [-0.4, -0.2) is 11.8 Å². The van der Waals surface area contributed by atoms with Gasteiger partial charge in [-0.25, -0.2) is 4.90 Å². The molecule has 1 aliphatic carbocycles. The zero-order valence-corrected chi connectivity index (χ0v) is 9.07. The van der Waals surface area contributed by atoms with E-state index in [9.17, 15) is 9.59 Å². The van der Waals surface area contributed by atoms with Crippen LogP contribution in [0.2, 0.25) is 5.02 Å². The number of halogens is 1. The van der Waals surface area contributed by atoms with Crippen LogP contribution in [0.25, 0.3) is 0 Å². The topological polar surface area (TPSA) is 63.4 Å². The Labute approximate surface area is 97.0 Å². The Morgan fingerprint density at radius 3 is 2.44 bits per heavy atom. The second-order valence-electron chi connectivity index (χ2n) is 4.17. The lowest BCUT2D eigenvalue weighted by Crippen LogP contribution is -2.32. The van der Waals surface area contributed by atoms with Gasteiger partial charge in [0.2, 0.25) is 11.8 Å². The molecule has 3 rings (SSSR count). The van der Waals surface area contributed by atoms with E-state index in [0.717, 1.165) is 0 Å². The fraction of sp³-hybridized carbons (Fsp3) is 0.273. The van der Waals surface area contributed by atoms with Crippen LogP contribution >= 0.6 is 11.6 Å². The molecule has 0 aromatic heterocycles. The predicted octanol–water partition coefficient (Wildman–Crippen LogP) is 1.43. The molecule has 2 unspecified atom stereocenters. The minimum Gasteiger partial charge on any atom is -0.399 e. The molecule has 4 nitrogen and oxygen atoms in total. The van der Waals surface area contributed by atoms with Crippen molar-refractivity contribution in [3.63, 3.8) is 0 Å². The van der Waals surface area contributed by atoms with E-state index in [-0.39, 0.29) is 23.7 Å². The van der Waals surface area contributed by atoms with Gasteiger partial charge in [-0.1, -0.05) is 11.6 Å². The average molecular weight is 237 g/mol. The summed E-state index contributed by atoms with van der Waals surface area (Å²) in [6, 6.07) is 4.78. The normalized spacial score (nSPS) is 27.2. The number of nitrogen functional groups attached to an aromatic ring is 1. The molecule has 5 heteroatoms. The van der Waals surface area contributed by atoms with E-state index in [2.05, 4.69) is 0 Å². The molecule has 1 aromatic carbocycles. The van der Waals surface area contributed by atoms with Crippen LogP contribution < -0.4 is 10.6 Å². The zero-order valence-electron chi connectivity index (χ0n) is 8.31. The Hall–Kier alpha value is -1.55. The van der Waals surface area contributed by atoms with Gasteiger partial charge in [0, 0.05) is 5.69 Å². The lowest BCUT2D eigenvalue weighted by Gasteiger charge is -2.17. The van der Waals surface area contributed by atoms with Gasteiger partial charge < -0.3 is 5.73 Å². The molecule has 2 atom stereocenters. The van der Waals surface area contributed by atoms with Crippen molar-refractivity contribution < 1.29 is 9.59 Å². The molecule has 82 valence electrons. The van der Waals surface area contributed by atoms with Gasteiger partial charge in [-0.2, -0.15) is 0 Å². The van der Waals surface area contributed by atoms with E-state index < -0.39 is 0 Å². The number of imide groups is 1. The summed E-state index contributed by atoms with van der Waals surface area (Å²) in [6.45, 7) is 0. The molecule has 2 amide bonds. The van der Waals surface area contributed by atoms with Crippen molar-refractivity contribution in [1.29, 1.82) is 0 Å². The third-order valence-corrected chi connectivity index (χ3v) is 3.38. The predicted molar refractivity (Wildman–Crippen MR) is 60.0 cm³/mol. The van der Waals surface area contributed by atoms with Crippen molar-refractivity contribution in [2.75, 3.05) is 10.6 Å². The molecule has 0 radical (unpaired) electrons. The third-order valence-electron chi connectivity index (χ3n) is 3.08. The van der Waals surface area contributed by atoms with Gasteiger partial charge in [-0.05, 0) is 24.6 Å². The number of hydrogen-bond donors (Lipinski definition) is 1. The van der Waals surface area contributed by atoms with E-state index in [1.54, 1.807) is 18.2 Å². The van der Waals surface area contributed by atoms with Gasteiger partial charge in [-0.3, -0.25) is 9.59 Å². The number of piperidine rings is 1. The summed E-state index contributed by atoms with van der Waals surface area (Å²) in [5.41, 5.74) is 6.51. The van der Waals surface area contributed by atoms with Crippen molar-refractivity contribution in [3.8, 4) is 0 Å². The maximum Gasteiger partial charge on any atom is 0.237 e. The molecule has 1 saturated carbocycles. The van der Waals surface area contributed by atoms with Crippen LogP contribution in [0.4, 0.5) is 11.4 Å². The highest BCUT2D eigenvalue weighted by Gasteiger charge is 2.59. The highest BCUT2D eigenvalue weighted by atomic mass is 35.5. The summed E-state index contributed by atoms with van der Waals surface area (Å²) < 4.78 is 0. The first-order chi connectivity index (χ1) is 7.59. The van der Waals surface area contributed by atoms with Crippen molar-refractivity contribution in [3.05, 3.63) is 23.2 Å². The summed E-state index contributed by atoms with van der Waals surface area (Å²) in [5, 5.41) is 0.336. The van der Waals surface area contributed by atoms with Gasteiger partial charge in [-0.15, -0.1) is 0 Å². The first kappa shape index (κ1) is 9.66. The maximum absolute atomic E-state index is 11.8. The first-order valence-corrected chi connectivity index (χ1v) is 5.40. The number of hydrogen-bond acceptors (Lipinski definition) is 3. The first-order valence-electron chi connectivity index (χ1n) is 5.02. The fourth-order valence-electron chi connectivity index (χ4n) is 2.12. The maximum atomic E-state index is 11.8. The molecule has 2 N–H and O–H groups in total.